The number of sulfonamides is 1. The molecule has 1 heterocycles. The summed E-state index contributed by atoms with van der Waals surface area (Å²) >= 11 is 0. The number of hydrogen-bond acceptors (Lipinski definition) is 6. The number of aromatic nitrogens is 3. The summed E-state index contributed by atoms with van der Waals surface area (Å²) in [6, 6.07) is 27.4. The van der Waals surface area contributed by atoms with Gasteiger partial charge in [-0.1, -0.05) is 84.1 Å². The third kappa shape index (κ3) is 7.71. The highest BCUT2D eigenvalue weighted by molar-refractivity contribution is 7.93. The third-order valence-corrected chi connectivity index (χ3v) is 6.91. The zero-order valence-corrected chi connectivity index (χ0v) is 22.2. The Balaban J connectivity index is 1.57. The first kappa shape index (κ1) is 27.5. The van der Waals surface area contributed by atoms with Crippen molar-refractivity contribution in [1.29, 1.82) is 0 Å². The van der Waals surface area contributed by atoms with E-state index in [1.807, 2.05) is 47.2 Å². The number of para-hydroxylation sites is 1. The van der Waals surface area contributed by atoms with Crippen LogP contribution in [0.3, 0.4) is 0 Å². The Morgan fingerprint density at radius 3 is 2.21 bits per heavy atom. The molecule has 4 rings (SSSR count). The van der Waals surface area contributed by atoms with Crippen molar-refractivity contribution in [2.45, 2.75) is 19.9 Å². The molecule has 0 saturated carbocycles. The lowest BCUT2D eigenvalue weighted by Gasteiger charge is -2.25. The van der Waals surface area contributed by atoms with E-state index in [9.17, 15) is 18.0 Å². The maximum atomic E-state index is 13.7. The molecule has 0 radical (unpaired) electrons. The molecular formula is C29H29N5O4S. The minimum absolute atomic E-state index is 0.124. The molecule has 0 aliphatic heterocycles. The van der Waals surface area contributed by atoms with E-state index < -0.39 is 27.8 Å². The Bertz CT molecular complexity index is 1520. The number of hydrogen-bond donors (Lipinski definition) is 1. The minimum atomic E-state index is -4.17. The number of rotatable bonds is 11. The van der Waals surface area contributed by atoms with E-state index in [0.29, 0.717) is 23.5 Å². The lowest BCUT2D eigenvalue weighted by atomic mass is 10.0. The Kier molecular flexibility index (Phi) is 9.01. The van der Waals surface area contributed by atoms with Crippen molar-refractivity contribution in [3.8, 4) is 0 Å². The monoisotopic (exact) mass is 543 g/mol. The minimum Gasteiger partial charge on any atom is -0.312 e. The second-order valence-corrected chi connectivity index (χ2v) is 10.4. The van der Waals surface area contributed by atoms with Gasteiger partial charge < -0.3 is 4.90 Å². The molecule has 2 amide bonds. The smallest absolute Gasteiger partial charge is 0.257 e. The van der Waals surface area contributed by atoms with E-state index in [2.05, 4.69) is 10.3 Å². The highest BCUT2D eigenvalue weighted by Crippen LogP contribution is 2.19. The number of nitrogens with one attached hydrogen (secondary N) is 1. The summed E-state index contributed by atoms with van der Waals surface area (Å²) in [6.45, 7) is 2.53. The van der Waals surface area contributed by atoms with Crippen LogP contribution in [0, 0.1) is 5.92 Å². The van der Waals surface area contributed by atoms with Gasteiger partial charge in [-0.25, -0.2) is 17.8 Å². The molecule has 1 N–H and O–H groups in total. The van der Waals surface area contributed by atoms with Gasteiger partial charge in [0.1, 0.15) is 5.92 Å². The van der Waals surface area contributed by atoms with Gasteiger partial charge >= 0.3 is 0 Å². The molecule has 0 fully saturated rings. The van der Waals surface area contributed by atoms with Gasteiger partial charge in [0.25, 0.3) is 10.0 Å². The number of carbonyl (C=O) groups excluding carboxylic acids is 2. The largest absolute Gasteiger partial charge is 0.312 e. The maximum absolute atomic E-state index is 13.7. The molecule has 0 bridgehead atoms. The summed E-state index contributed by atoms with van der Waals surface area (Å²) in [4.78, 5) is 28.5. The topological polar surface area (TPSA) is 114 Å². The lowest BCUT2D eigenvalue weighted by Crippen LogP contribution is -2.46. The molecule has 10 heteroatoms. The van der Waals surface area contributed by atoms with Crippen LogP contribution in [0.2, 0.25) is 0 Å². The molecule has 39 heavy (non-hydrogen) atoms. The Morgan fingerprint density at radius 2 is 1.56 bits per heavy atom. The van der Waals surface area contributed by atoms with Gasteiger partial charge in [-0.05, 0) is 36.3 Å². The molecule has 1 atom stereocenters. The van der Waals surface area contributed by atoms with Gasteiger partial charge in [0.2, 0.25) is 11.8 Å². The number of carbonyl (C=O) groups is 2. The lowest BCUT2D eigenvalue weighted by molar-refractivity contribution is -0.132. The summed E-state index contributed by atoms with van der Waals surface area (Å²) < 4.78 is 29.1. The van der Waals surface area contributed by atoms with Crippen molar-refractivity contribution < 1.29 is 18.0 Å². The fraction of sp³-hybridized carbons (Fsp3) is 0.172. The fourth-order valence-corrected chi connectivity index (χ4v) is 4.85. The maximum Gasteiger partial charge on any atom is 0.257 e. The van der Waals surface area contributed by atoms with Gasteiger partial charge in [0.15, 0.2) is 0 Å². The molecule has 200 valence electrons. The molecule has 4 aromatic rings. The van der Waals surface area contributed by atoms with E-state index in [4.69, 9.17) is 0 Å². The summed E-state index contributed by atoms with van der Waals surface area (Å²) in [5.41, 5.74) is 2.65. The SMILES string of the molecule is CCN(C(=O)C(Cc1cn(Cc2ccccc2)nn1)C(=O)NS(=O)(=O)/C=C/c1ccccc1)c1ccccc1. The normalized spacial score (nSPS) is 12.2. The van der Waals surface area contributed by atoms with Crippen LogP contribution >= 0.6 is 0 Å². The third-order valence-electron chi connectivity index (χ3n) is 5.93. The van der Waals surface area contributed by atoms with Crippen LogP contribution in [-0.4, -0.2) is 41.8 Å². The van der Waals surface area contributed by atoms with Gasteiger partial charge in [0.05, 0.1) is 17.6 Å². The summed E-state index contributed by atoms with van der Waals surface area (Å²) in [5.74, 6) is -2.84. The zero-order valence-electron chi connectivity index (χ0n) is 21.4. The number of anilines is 1. The molecule has 3 aromatic carbocycles. The summed E-state index contributed by atoms with van der Waals surface area (Å²) in [5, 5.41) is 9.18. The van der Waals surface area contributed by atoms with Gasteiger partial charge in [0, 0.05) is 24.8 Å². The Morgan fingerprint density at radius 1 is 0.949 bits per heavy atom. The molecular weight excluding hydrogens is 514 g/mol. The first-order chi connectivity index (χ1) is 18.8. The Labute approximate surface area is 227 Å². The first-order valence-corrected chi connectivity index (χ1v) is 14.0. The van der Waals surface area contributed by atoms with Gasteiger partial charge in [-0.15, -0.1) is 5.10 Å². The van der Waals surface area contributed by atoms with E-state index in [1.54, 1.807) is 66.3 Å². The molecule has 0 aliphatic rings. The predicted molar refractivity (Wildman–Crippen MR) is 150 cm³/mol. The highest BCUT2D eigenvalue weighted by atomic mass is 32.2. The standard InChI is InChI=1S/C29H29N5O4S/c1-2-34(26-16-10-5-11-17-26)29(36)27(20-25-22-33(32-30-25)21-24-14-8-4-9-15-24)28(35)31-39(37,38)19-18-23-12-6-3-7-13-23/h3-19,22,27H,2,20-21H2,1H3,(H,31,35)/b19-18+. The van der Waals surface area contributed by atoms with Crippen molar-refractivity contribution in [2.75, 3.05) is 11.4 Å². The average molecular weight is 544 g/mol. The van der Waals surface area contributed by atoms with E-state index in [-0.39, 0.29) is 13.0 Å². The first-order valence-electron chi connectivity index (χ1n) is 12.4. The molecule has 0 spiro atoms. The van der Waals surface area contributed by atoms with Crippen LogP contribution in [0.1, 0.15) is 23.7 Å². The fourth-order valence-electron chi connectivity index (χ4n) is 4.02. The molecule has 0 aliphatic carbocycles. The van der Waals surface area contributed by atoms with E-state index in [1.165, 1.54) is 11.0 Å². The second kappa shape index (κ2) is 12.8. The predicted octanol–water partition coefficient (Wildman–Crippen LogP) is 3.66. The van der Waals surface area contributed by atoms with Crippen LogP contribution in [-0.2, 0) is 32.6 Å². The van der Waals surface area contributed by atoms with Gasteiger partial charge in [-0.3, -0.25) is 9.59 Å². The number of nitrogens with zero attached hydrogens (tertiary/aromatic N) is 4. The van der Waals surface area contributed by atoms with Crippen molar-refractivity contribution in [3.05, 3.63) is 119 Å². The Hall–Kier alpha value is -4.57. The van der Waals surface area contributed by atoms with Gasteiger partial charge in [-0.2, -0.15) is 0 Å². The quantitative estimate of drug-likeness (QED) is 0.289. The van der Waals surface area contributed by atoms with Crippen molar-refractivity contribution in [1.82, 2.24) is 19.7 Å². The van der Waals surface area contributed by atoms with Crippen LogP contribution in [0.15, 0.2) is 103 Å². The van der Waals surface area contributed by atoms with Crippen LogP contribution in [0.5, 0.6) is 0 Å². The highest BCUT2D eigenvalue weighted by Gasteiger charge is 2.34. The molecule has 9 nitrogen and oxygen atoms in total. The van der Waals surface area contributed by atoms with Crippen LogP contribution in [0.4, 0.5) is 5.69 Å². The summed E-state index contributed by atoms with van der Waals surface area (Å²) in [7, 11) is -4.17. The molecule has 1 aromatic heterocycles. The van der Waals surface area contributed by atoms with E-state index in [0.717, 1.165) is 11.0 Å². The molecule has 1 unspecified atom stereocenters. The van der Waals surface area contributed by atoms with Crippen LogP contribution in [0.25, 0.3) is 6.08 Å². The van der Waals surface area contributed by atoms with E-state index >= 15 is 0 Å². The number of amides is 2. The summed E-state index contributed by atoms with van der Waals surface area (Å²) in [6.07, 6.45) is 2.91. The second-order valence-electron chi connectivity index (χ2n) is 8.79. The van der Waals surface area contributed by atoms with Crippen LogP contribution < -0.4 is 9.62 Å². The number of benzene rings is 3. The van der Waals surface area contributed by atoms with Crippen molar-refractivity contribution in [3.63, 3.8) is 0 Å². The molecule has 0 saturated heterocycles. The average Bonchev–Trinajstić information content (AvgIpc) is 3.39. The van der Waals surface area contributed by atoms with Crippen molar-refractivity contribution >= 4 is 33.6 Å². The van der Waals surface area contributed by atoms with Crippen molar-refractivity contribution in [2.24, 2.45) is 5.92 Å². The zero-order chi connectivity index (χ0) is 27.7.